The molecule has 1 aliphatic heterocycles. The molecule has 0 unspecified atom stereocenters. The van der Waals surface area contributed by atoms with Gasteiger partial charge in [-0.3, -0.25) is 4.79 Å². The Hall–Kier alpha value is -2.41. The smallest absolute Gasteiger partial charge is 0.372 e. The van der Waals surface area contributed by atoms with Crippen LogP contribution in [0, 0.1) is 19.8 Å². The van der Waals surface area contributed by atoms with E-state index < -0.39 is 17.8 Å². The summed E-state index contributed by atoms with van der Waals surface area (Å²) in [5, 5.41) is 3.02. The summed E-state index contributed by atoms with van der Waals surface area (Å²) in [6.07, 6.45) is -4.47. The predicted molar refractivity (Wildman–Crippen MR) is 123 cm³/mol. The first-order valence-electron chi connectivity index (χ1n) is 10.7. The third-order valence-corrected chi connectivity index (χ3v) is 6.36. The maximum Gasteiger partial charge on any atom is 0.416 e. The summed E-state index contributed by atoms with van der Waals surface area (Å²) in [6.45, 7) is 10.6. The fraction of sp³-hybridized carbons (Fsp3) is 0.458. The van der Waals surface area contributed by atoms with Crippen molar-refractivity contribution in [1.29, 1.82) is 0 Å². The Labute approximate surface area is 192 Å². The number of nitrogens with zero attached hydrogens (tertiary/aromatic N) is 2. The Morgan fingerprint density at radius 1 is 1.06 bits per heavy atom. The summed E-state index contributed by atoms with van der Waals surface area (Å²) in [4.78, 5) is 17.4. The number of carbonyl (C=O) groups is 1. The Balaban J connectivity index is 1.69. The van der Waals surface area contributed by atoms with Gasteiger partial charge in [-0.05, 0) is 55.2 Å². The molecule has 1 aliphatic rings. The van der Waals surface area contributed by atoms with E-state index >= 15 is 0 Å². The second kappa shape index (κ2) is 9.61. The van der Waals surface area contributed by atoms with Crippen molar-refractivity contribution in [3.05, 3.63) is 58.1 Å². The molecule has 1 fully saturated rings. The van der Waals surface area contributed by atoms with Gasteiger partial charge in [0.15, 0.2) is 0 Å². The number of benzene rings is 2. The van der Waals surface area contributed by atoms with Crippen molar-refractivity contribution in [1.82, 2.24) is 4.90 Å². The molecule has 174 valence electrons. The van der Waals surface area contributed by atoms with Crippen molar-refractivity contribution in [2.24, 2.45) is 5.92 Å². The topological polar surface area (TPSA) is 35.6 Å². The van der Waals surface area contributed by atoms with E-state index in [1.54, 1.807) is 0 Å². The molecule has 0 radical (unpaired) electrons. The van der Waals surface area contributed by atoms with Crippen LogP contribution in [-0.2, 0) is 11.0 Å². The Morgan fingerprint density at radius 3 is 2.28 bits per heavy atom. The normalized spacial score (nSPS) is 15.8. The molecule has 0 saturated carbocycles. The third kappa shape index (κ3) is 5.31. The van der Waals surface area contributed by atoms with Crippen molar-refractivity contribution in [3.8, 4) is 0 Å². The summed E-state index contributed by atoms with van der Waals surface area (Å²) >= 11 is 6.10. The van der Waals surface area contributed by atoms with Crippen molar-refractivity contribution < 1.29 is 18.0 Å². The highest BCUT2D eigenvalue weighted by Crippen LogP contribution is 2.34. The average Bonchev–Trinajstić information content (AvgIpc) is 2.73. The van der Waals surface area contributed by atoms with Gasteiger partial charge >= 0.3 is 6.18 Å². The molecule has 1 saturated heterocycles. The van der Waals surface area contributed by atoms with Crippen molar-refractivity contribution in [3.63, 3.8) is 0 Å². The van der Waals surface area contributed by atoms with E-state index in [2.05, 4.69) is 36.2 Å². The van der Waals surface area contributed by atoms with Crippen molar-refractivity contribution in [2.75, 3.05) is 36.4 Å². The van der Waals surface area contributed by atoms with Crippen LogP contribution in [0.25, 0.3) is 0 Å². The highest BCUT2D eigenvalue weighted by atomic mass is 35.5. The van der Waals surface area contributed by atoms with E-state index in [4.69, 9.17) is 11.6 Å². The van der Waals surface area contributed by atoms with E-state index in [1.165, 1.54) is 22.9 Å². The highest BCUT2D eigenvalue weighted by Gasteiger charge is 2.33. The van der Waals surface area contributed by atoms with Crippen molar-refractivity contribution >= 4 is 28.9 Å². The van der Waals surface area contributed by atoms with Crippen LogP contribution in [0.1, 0.15) is 30.5 Å². The third-order valence-electron chi connectivity index (χ3n) is 6.05. The van der Waals surface area contributed by atoms with E-state index in [0.29, 0.717) is 18.8 Å². The summed E-state index contributed by atoms with van der Waals surface area (Å²) in [5.74, 6) is -0.144. The first-order valence-corrected chi connectivity index (χ1v) is 11.1. The molecule has 0 spiro atoms. The van der Waals surface area contributed by atoms with Gasteiger partial charge in [0.05, 0.1) is 16.3 Å². The van der Waals surface area contributed by atoms with E-state index in [1.807, 2.05) is 24.8 Å². The molecule has 1 heterocycles. The fourth-order valence-electron chi connectivity index (χ4n) is 3.93. The minimum atomic E-state index is -4.47. The monoisotopic (exact) mass is 467 g/mol. The van der Waals surface area contributed by atoms with Gasteiger partial charge in [0.25, 0.3) is 0 Å². The lowest BCUT2D eigenvalue weighted by molar-refractivity contribution is -0.137. The lowest BCUT2D eigenvalue weighted by atomic mass is 10.0. The maximum absolute atomic E-state index is 13.3. The fourth-order valence-corrected chi connectivity index (χ4v) is 4.17. The number of anilines is 2. The lowest BCUT2D eigenvalue weighted by Crippen LogP contribution is -2.54. The summed E-state index contributed by atoms with van der Waals surface area (Å²) in [5.41, 5.74) is 3.17. The average molecular weight is 468 g/mol. The first-order chi connectivity index (χ1) is 15.0. The van der Waals surface area contributed by atoms with Crippen LogP contribution in [0.15, 0.2) is 36.4 Å². The number of nitrogens with one attached hydrogen (secondary N) is 1. The number of aryl methyl sites for hydroxylation is 1. The molecule has 2 aromatic rings. The highest BCUT2D eigenvalue weighted by molar-refractivity contribution is 6.33. The predicted octanol–water partition coefficient (Wildman–Crippen LogP) is 5.76. The summed E-state index contributed by atoms with van der Waals surface area (Å²) in [7, 11) is 0. The van der Waals surface area contributed by atoms with Gasteiger partial charge in [0.1, 0.15) is 6.04 Å². The maximum atomic E-state index is 13.3. The quantitative estimate of drug-likeness (QED) is 0.607. The van der Waals surface area contributed by atoms with Gasteiger partial charge in [-0.1, -0.05) is 37.6 Å². The number of alkyl halides is 3. The Morgan fingerprint density at radius 2 is 1.72 bits per heavy atom. The molecule has 3 rings (SSSR count). The van der Waals surface area contributed by atoms with Gasteiger partial charge in [0, 0.05) is 31.9 Å². The number of hydrogen-bond acceptors (Lipinski definition) is 3. The molecule has 1 atom stereocenters. The summed E-state index contributed by atoms with van der Waals surface area (Å²) in [6, 6.07) is 8.78. The Bertz CT molecular complexity index is 969. The van der Waals surface area contributed by atoms with Gasteiger partial charge in [-0.15, -0.1) is 0 Å². The summed E-state index contributed by atoms with van der Waals surface area (Å²) < 4.78 is 38.8. The zero-order chi connectivity index (χ0) is 23.6. The van der Waals surface area contributed by atoms with Gasteiger partial charge < -0.3 is 15.1 Å². The molecular weight excluding hydrogens is 439 g/mol. The van der Waals surface area contributed by atoms with E-state index in [9.17, 15) is 18.0 Å². The molecule has 32 heavy (non-hydrogen) atoms. The largest absolute Gasteiger partial charge is 0.416 e. The minimum absolute atomic E-state index is 0.0574. The second-order valence-electron chi connectivity index (χ2n) is 8.59. The molecule has 1 amide bonds. The molecule has 4 nitrogen and oxygen atoms in total. The SMILES string of the molecule is Cc1cccc(N2CCN(C(=O)[C@H](Nc3ccc(C(F)(F)F)cc3Cl)C(C)C)CC2)c1C. The molecule has 1 N–H and O–H groups in total. The van der Waals surface area contributed by atoms with Crippen LogP contribution in [0.2, 0.25) is 5.02 Å². The molecule has 2 aromatic carbocycles. The lowest BCUT2D eigenvalue weighted by Gasteiger charge is -2.39. The molecular formula is C24H29ClF3N3O. The number of rotatable bonds is 5. The van der Waals surface area contributed by atoms with Gasteiger partial charge in [-0.25, -0.2) is 0 Å². The number of amides is 1. The zero-order valence-corrected chi connectivity index (χ0v) is 19.5. The first kappa shape index (κ1) is 24.2. The van der Waals surface area contributed by atoms with Crippen LogP contribution in [0.3, 0.4) is 0 Å². The number of hydrogen-bond donors (Lipinski definition) is 1. The molecule has 0 aromatic heterocycles. The number of halogens is 4. The Kier molecular flexibility index (Phi) is 7.28. The van der Waals surface area contributed by atoms with Crippen LogP contribution < -0.4 is 10.2 Å². The standard InChI is InChI=1S/C24H29ClF3N3O/c1-15(2)22(29-20-9-8-18(14-19(20)25)24(26,27)28)23(32)31-12-10-30(11-13-31)21-7-5-6-16(3)17(21)4/h5-9,14-15,22,29H,10-13H2,1-4H3/t22-/m1/s1. The molecule has 8 heteroatoms. The zero-order valence-electron chi connectivity index (χ0n) is 18.8. The van der Waals surface area contributed by atoms with Crippen LogP contribution in [-0.4, -0.2) is 43.0 Å². The number of piperazine rings is 1. The molecule has 0 bridgehead atoms. The van der Waals surface area contributed by atoms with Gasteiger partial charge in [0.2, 0.25) is 5.91 Å². The molecule has 0 aliphatic carbocycles. The second-order valence-corrected chi connectivity index (χ2v) is 9.00. The van der Waals surface area contributed by atoms with Crippen LogP contribution >= 0.6 is 11.6 Å². The van der Waals surface area contributed by atoms with E-state index in [-0.39, 0.29) is 16.8 Å². The van der Waals surface area contributed by atoms with Crippen LogP contribution in [0.4, 0.5) is 24.5 Å². The van der Waals surface area contributed by atoms with Gasteiger partial charge in [-0.2, -0.15) is 13.2 Å². The van der Waals surface area contributed by atoms with E-state index in [0.717, 1.165) is 25.2 Å². The minimum Gasteiger partial charge on any atom is -0.372 e. The number of carbonyl (C=O) groups excluding carboxylic acids is 1. The van der Waals surface area contributed by atoms with Crippen LogP contribution in [0.5, 0.6) is 0 Å². The van der Waals surface area contributed by atoms with Crippen molar-refractivity contribution in [2.45, 2.75) is 39.9 Å².